The largest absolute Gasteiger partial charge is 0.306 e. The van der Waals surface area contributed by atoms with Crippen molar-refractivity contribution in [1.29, 1.82) is 0 Å². The zero-order valence-corrected chi connectivity index (χ0v) is 8.82. The molecule has 2 aromatic rings. The topological polar surface area (TPSA) is 17.8 Å². The Morgan fingerprint density at radius 1 is 1.23 bits per heavy atom. The second-order valence-corrected chi connectivity index (χ2v) is 3.81. The van der Waals surface area contributed by atoms with Gasteiger partial charge in [0.05, 0.1) is 12.0 Å². The molecule has 66 valence electrons. The van der Waals surface area contributed by atoms with Gasteiger partial charge in [-0.3, -0.25) is 0 Å². The molecule has 1 heterocycles. The van der Waals surface area contributed by atoms with E-state index in [1.54, 1.807) is 0 Å². The molecule has 3 heteroatoms. The van der Waals surface area contributed by atoms with Crippen LogP contribution in [-0.2, 0) is 0 Å². The maximum Gasteiger partial charge on any atom is 0.0995 e. The number of hydrogen-bond acceptors (Lipinski definition) is 1. The van der Waals surface area contributed by atoms with E-state index in [0.717, 1.165) is 15.9 Å². The Labute approximate surface area is 85.4 Å². The average molecular weight is 237 g/mol. The summed E-state index contributed by atoms with van der Waals surface area (Å²) in [5.41, 5.74) is 2.16. The Kier molecular flexibility index (Phi) is 2.19. The number of aryl methyl sites for hydroxylation is 1. The van der Waals surface area contributed by atoms with E-state index in [4.69, 9.17) is 0 Å². The van der Waals surface area contributed by atoms with E-state index in [2.05, 4.69) is 20.9 Å². The quantitative estimate of drug-likeness (QED) is 0.745. The van der Waals surface area contributed by atoms with Crippen LogP contribution in [0.25, 0.3) is 5.69 Å². The van der Waals surface area contributed by atoms with Crippen molar-refractivity contribution in [2.75, 3.05) is 0 Å². The summed E-state index contributed by atoms with van der Waals surface area (Å²) in [6.07, 6.45) is 3.82. The van der Waals surface area contributed by atoms with Crippen molar-refractivity contribution in [2.45, 2.75) is 6.92 Å². The monoisotopic (exact) mass is 236 g/mol. The van der Waals surface area contributed by atoms with Gasteiger partial charge in [-0.15, -0.1) is 0 Å². The molecular formula is C10H9BrN2. The molecule has 0 saturated carbocycles. The maximum atomic E-state index is 4.17. The Bertz CT molecular complexity index is 403. The van der Waals surface area contributed by atoms with Crippen LogP contribution in [0.1, 0.15) is 5.69 Å². The van der Waals surface area contributed by atoms with Gasteiger partial charge in [0.25, 0.3) is 0 Å². The number of imidazole rings is 1. The van der Waals surface area contributed by atoms with Crippen LogP contribution in [0.4, 0.5) is 0 Å². The number of halogens is 1. The fourth-order valence-electron chi connectivity index (χ4n) is 1.18. The van der Waals surface area contributed by atoms with Crippen LogP contribution < -0.4 is 0 Å². The van der Waals surface area contributed by atoms with E-state index in [1.165, 1.54) is 0 Å². The zero-order valence-electron chi connectivity index (χ0n) is 7.24. The molecule has 0 fully saturated rings. The maximum absolute atomic E-state index is 4.17. The van der Waals surface area contributed by atoms with E-state index in [9.17, 15) is 0 Å². The fourth-order valence-corrected chi connectivity index (χ4v) is 1.44. The van der Waals surface area contributed by atoms with Crippen LogP contribution in [0.3, 0.4) is 0 Å². The molecular weight excluding hydrogens is 228 g/mol. The van der Waals surface area contributed by atoms with Crippen LogP contribution >= 0.6 is 15.9 Å². The van der Waals surface area contributed by atoms with Gasteiger partial charge >= 0.3 is 0 Å². The lowest BCUT2D eigenvalue weighted by atomic mass is 10.3. The predicted molar refractivity (Wildman–Crippen MR) is 56.0 cm³/mol. The number of rotatable bonds is 1. The minimum Gasteiger partial charge on any atom is -0.306 e. The SMILES string of the molecule is Cc1cn(-c2ccc(Br)cc2)cn1. The third-order valence-corrected chi connectivity index (χ3v) is 2.37. The molecule has 1 aromatic heterocycles. The van der Waals surface area contributed by atoms with Crippen molar-refractivity contribution in [3.8, 4) is 5.69 Å². The molecule has 2 nitrogen and oxygen atoms in total. The second-order valence-electron chi connectivity index (χ2n) is 2.90. The first-order valence-electron chi connectivity index (χ1n) is 4.02. The Morgan fingerprint density at radius 2 is 1.92 bits per heavy atom. The van der Waals surface area contributed by atoms with E-state index in [1.807, 2.05) is 48.3 Å². The number of hydrogen-bond donors (Lipinski definition) is 0. The van der Waals surface area contributed by atoms with E-state index < -0.39 is 0 Å². The van der Waals surface area contributed by atoms with Gasteiger partial charge in [0, 0.05) is 16.4 Å². The zero-order chi connectivity index (χ0) is 9.26. The minimum atomic E-state index is 1.03. The molecule has 0 N–H and O–H groups in total. The van der Waals surface area contributed by atoms with Gasteiger partial charge in [-0.1, -0.05) is 15.9 Å². The third kappa shape index (κ3) is 1.80. The van der Waals surface area contributed by atoms with Crippen molar-refractivity contribution in [3.05, 3.63) is 47.0 Å². The van der Waals surface area contributed by atoms with Crippen molar-refractivity contribution >= 4 is 15.9 Å². The summed E-state index contributed by atoms with van der Waals surface area (Å²) < 4.78 is 3.09. The smallest absolute Gasteiger partial charge is 0.0995 e. The van der Waals surface area contributed by atoms with Gasteiger partial charge in [0.15, 0.2) is 0 Å². The molecule has 1 aromatic carbocycles. The van der Waals surface area contributed by atoms with E-state index in [0.29, 0.717) is 0 Å². The summed E-state index contributed by atoms with van der Waals surface area (Å²) in [6.45, 7) is 1.98. The summed E-state index contributed by atoms with van der Waals surface area (Å²) in [4.78, 5) is 4.17. The first-order chi connectivity index (χ1) is 6.25. The summed E-state index contributed by atoms with van der Waals surface area (Å²) in [5, 5.41) is 0. The lowest BCUT2D eigenvalue weighted by molar-refractivity contribution is 1.06. The number of nitrogens with zero attached hydrogens (tertiary/aromatic N) is 2. The van der Waals surface area contributed by atoms with Crippen LogP contribution in [0.15, 0.2) is 41.3 Å². The lowest BCUT2D eigenvalue weighted by Crippen LogP contribution is -1.88. The Hall–Kier alpha value is -1.09. The third-order valence-electron chi connectivity index (χ3n) is 1.84. The molecule has 0 amide bonds. The molecule has 0 bridgehead atoms. The van der Waals surface area contributed by atoms with Gasteiger partial charge in [-0.25, -0.2) is 4.98 Å². The van der Waals surface area contributed by atoms with Gasteiger partial charge in [0.1, 0.15) is 0 Å². The van der Waals surface area contributed by atoms with Crippen molar-refractivity contribution in [2.24, 2.45) is 0 Å². The van der Waals surface area contributed by atoms with Gasteiger partial charge < -0.3 is 4.57 Å². The molecule has 0 spiro atoms. The fraction of sp³-hybridized carbons (Fsp3) is 0.100. The number of aromatic nitrogens is 2. The van der Waals surface area contributed by atoms with Crippen LogP contribution in [-0.4, -0.2) is 9.55 Å². The van der Waals surface area contributed by atoms with Crippen LogP contribution in [0.5, 0.6) is 0 Å². The highest BCUT2D eigenvalue weighted by molar-refractivity contribution is 9.10. The first kappa shape index (κ1) is 8.51. The molecule has 13 heavy (non-hydrogen) atoms. The summed E-state index contributed by atoms with van der Waals surface area (Å²) >= 11 is 3.40. The van der Waals surface area contributed by atoms with Gasteiger partial charge in [-0.05, 0) is 31.2 Å². The Morgan fingerprint density at radius 3 is 2.46 bits per heavy atom. The highest BCUT2D eigenvalue weighted by Gasteiger charge is 1.96. The normalized spacial score (nSPS) is 10.3. The van der Waals surface area contributed by atoms with Gasteiger partial charge in [0.2, 0.25) is 0 Å². The molecule has 0 saturated heterocycles. The predicted octanol–water partition coefficient (Wildman–Crippen LogP) is 2.94. The molecule has 0 radical (unpaired) electrons. The Balaban J connectivity index is 2.41. The van der Waals surface area contributed by atoms with E-state index >= 15 is 0 Å². The van der Waals surface area contributed by atoms with Crippen molar-refractivity contribution < 1.29 is 0 Å². The second kappa shape index (κ2) is 3.34. The van der Waals surface area contributed by atoms with E-state index in [-0.39, 0.29) is 0 Å². The minimum absolute atomic E-state index is 1.03. The molecule has 0 aliphatic rings. The molecule has 2 rings (SSSR count). The molecule has 0 unspecified atom stereocenters. The summed E-state index contributed by atoms with van der Waals surface area (Å²) in [5.74, 6) is 0. The van der Waals surface area contributed by atoms with Crippen molar-refractivity contribution in [1.82, 2.24) is 9.55 Å². The first-order valence-corrected chi connectivity index (χ1v) is 4.81. The standard InChI is InChI=1S/C10H9BrN2/c1-8-6-13(7-12-8)10-4-2-9(11)3-5-10/h2-7H,1H3. The van der Waals surface area contributed by atoms with Crippen molar-refractivity contribution in [3.63, 3.8) is 0 Å². The molecule has 0 aliphatic heterocycles. The van der Waals surface area contributed by atoms with Crippen LogP contribution in [0.2, 0.25) is 0 Å². The average Bonchev–Trinajstić information content (AvgIpc) is 2.53. The molecule has 0 aliphatic carbocycles. The highest BCUT2D eigenvalue weighted by Crippen LogP contribution is 2.13. The van der Waals surface area contributed by atoms with Crippen LogP contribution in [0, 0.1) is 6.92 Å². The summed E-state index contributed by atoms with van der Waals surface area (Å²) in [7, 11) is 0. The molecule has 0 atom stereocenters. The summed E-state index contributed by atoms with van der Waals surface area (Å²) in [6, 6.07) is 8.13. The highest BCUT2D eigenvalue weighted by atomic mass is 79.9. The lowest BCUT2D eigenvalue weighted by Gasteiger charge is -2.00. The van der Waals surface area contributed by atoms with Gasteiger partial charge in [-0.2, -0.15) is 0 Å². The number of benzene rings is 1.